The lowest BCUT2D eigenvalue weighted by Crippen LogP contribution is -2.37. The molecule has 0 aromatic heterocycles. The summed E-state index contributed by atoms with van der Waals surface area (Å²) in [7, 11) is 0. The van der Waals surface area contributed by atoms with Crippen LogP contribution < -0.4 is 10.6 Å². The Morgan fingerprint density at radius 3 is 1.91 bits per heavy atom. The van der Waals surface area contributed by atoms with Gasteiger partial charge in [0.2, 0.25) is 0 Å². The van der Waals surface area contributed by atoms with Crippen LogP contribution in [0.5, 0.6) is 0 Å². The number of carbonyl (C=O) groups excluding carboxylic acids is 1. The molecule has 174 valence electrons. The van der Waals surface area contributed by atoms with Crippen LogP contribution in [0.4, 0.5) is 36.8 Å². The van der Waals surface area contributed by atoms with Crippen molar-refractivity contribution in [3.63, 3.8) is 0 Å². The van der Waals surface area contributed by atoms with E-state index in [1.54, 1.807) is 24.3 Å². The van der Waals surface area contributed by atoms with Gasteiger partial charge in [0.15, 0.2) is 0 Å². The van der Waals surface area contributed by atoms with Crippen LogP contribution in [0.15, 0.2) is 49.0 Å². The Balaban J connectivity index is 2.05. The largest absolute Gasteiger partial charge is 0.416 e. The molecular weight excluding hydrogens is 458 g/mol. The van der Waals surface area contributed by atoms with Gasteiger partial charge in [0.25, 0.3) is 0 Å². The van der Waals surface area contributed by atoms with Crippen LogP contribution in [0, 0.1) is 5.41 Å². The lowest BCUT2D eigenvalue weighted by molar-refractivity contribution is -0.143. The van der Waals surface area contributed by atoms with E-state index in [9.17, 15) is 31.1 Å². The predicted molar refractivity (Wildman–Crippen MR) is 112 cm³/mol. The third kappa shape index (κ3) is 7.47. The molecule has 0 spiro atoms. The van der Waals surface area contributed by atoms with E-state index < -0.39 is 40.6 Å². The van der Waals surface area contributed by atoms with E-state index in [0.29, 0.717) is 23.6 Å². The molecule has 0 saturated carbocycles. The Morgan fingerprint density at radius 1 is 0.938 bits per heavy atom. The average Bonchev–Trinajstić information content (AvgIpc) is 2.65. The molecule has 0 aliphatic rings. The summed E-state index contributed by atoms with van der Waals surface area (Å²) in [5.41, 5.74) is -2.51. The Labute approximate surface area is 186 Å². The maximum Gasteiger partial charge on any atom is 0.416 e. The van der Waals surface area contributed by atoms with Crippen LogP contribution in [0.25, 0.3) is 5.57 Å². The molecule has 2 aromatic carbocycles. The quantitative estimate of drug-likeness (QED) is 0.412. The number of carbonyl (C=O) groups is 1. The van der Waals surface area contributed by atoms with Gasteiger partial charge in [0, 0.05) is 17.3 Å². The van der Waals surface area contributed by atoms with Gasteiger partial charge in [-0.1, -0.05) is 44.2 Å². The van der Waals surface area contributed by atoms with E-state index in [2.05, 4.69) is 11.9 Å². The zero-order chi connectivity index (χ0) is 24.3. The first-order valence-electron chi connectivity index (χ1n) is 9.35. The summed E-state index contributed by atoms with van der Waals surface area (Å²) in [5.74, 6) is 0. The minimum absolute atomic E-state index is 0.00539. The lowest BCUT2D eigenvalue weighted by Gasteiger charge is -2.26. The van der Waals surface area contributed by atoms with E-state index >= 15 is 0 Å². The summed E-state index contributed by atoms with van der Waals surface area (Å²) in [6.45, 7) is 7.78. The number of benzene rings is 2. The number of alkyl halides is 6. The van der Waals surface area contributed by atoms with E-state index in [0.717, 1.165) is 11.1 Å². The van der Waals surface area contributed by atoms with Crippen molar-refractivity contribution in [2.75, 3.05) is 11.9 Å². The molecule has 2 amide bonds. The average molecular weight is 479 g/mol. The van der Waals surface area contributed by atoms with Gasteiger partial charge in [-0.3, -0.25) is 0 Å². The molecule has 0 atom stereocenters. The number of allylic oxidation sites excluding steroid dienone is 1. The third-order valence-corrected chi connectivity index (χ3v) is 4.77. The van der Waals surface area contributed by atoms with Crippen LogP contribution >= 0.6 is 11.6 Å². The monoisotopic (exact) mass is 478 g/mol. The highest BCUT2D eigenvalue weighted by atomic mass is 35.5. The van der Waals surface area contributed by atoms with Crippen molar-refractivity contribution < 1.29 is 31.1 Å². The fourth-order valence-electron chi connectivity index (χ4n) is 2.95. The first-order valence-corrected chi connectivity index (χ1v) is 9.73. The SMILES string of the molecule is C=C(CC(C)(C)CNC(=O)Nc1cc(C(F)(F)F)cc(C(F)(F)F)c1)c1ccc(Cl)cc1. The Bertz CT molecular complexity index is 949. The molecule has 2 N–H and O–H groups in total. The second-order valence-corrected chi connectivity index (χ2v) is 8.49. The molecule has 3 nitrogen and oxygen atoms in total. The molecular formula is C22H21ClF6N2O. The van der Waals surface area contributed by atoms with Crippen LogP contribution in [-0.2, 0) is 12.4 Å². The van der Waals surface area contributed by atoms with Crippen molar-refractivity contribution in [1.82, 2.24) is 5.32 Å². The van der Waals surface area contributed by atoms with Crippen molar-refractivity contribution >= 4 is 28.9 Å². The smallest absolute Gasteiger partial charge is 0.337 e. The van der Waals surface area contributed by atoms with Gasteiger partial charge in [-0.2, -0.15) is 26.3 Å². The highest BCUT2D eigenvalue weighted by Gasteiger charge is 2.37. The number of hydrogen-bond acceptors (Lipinski definition) is 1. The normalized spacial score (nSPS) is 12.4. The number of amides is 2. The highest BCUT2D eigenvalue weighted by molar-refractivity contribution is 6.30. The molecule has 2 rings (SSSR count). The van der Waals surface area contributed by atoms with Gasteiger partial charge in [-0.15, -0.1) is 0 Å². The number of anilines is 1. The summed E-state index contributed by atoms with van der Waals surface area (Å²) in [5, 5.41) is 5.09. The van der Waals surface area contributed by atoms with Crippen molar-refractivity contribution in [2.45, 2.75) is 32.6 Å². The van der Waals surface area contributed by atoms with E-state index in [1.807, 2.05) is 19.2 Å². The number of rotatable bonds is 6. The van der Waals surface area contributed by atoms with E-state index in [4.69, 9.17) is 11.6 Å². The van der Waals surface area contributed by atoms with Crippen LogP contribution in [0.3, 0.4) is 0 Å². The predicted octanol–water partition coefficient (Wildman–Crippen LogP) is 7.63. The first kappa shape index (κ1) is 25.6. The van der Waals surface area contributed by atoms with Crippen LogP contribution in [0.1, 0.15) is 37.0 Å². The number of urea groups is 1. The Hall–Kier alpha value is -2.68. The first-order chi connectivity index (χ1) is 14.6. The molecule has 32 heavy (non-hydrogen) atoms. The highest BCUT2D eigenvalue weighted by Crippen LogP contribution is 2.37. The molecule has 0 heterocycles. The molecule has 0 aliphatic heterocycles. The van der Waals surface area contributed by atoms with Gasteiger partial charge in [0.05, 0.1) is 11.1 Å². The maximum atomic E-state index is 13.0. The molecule has 0 aliphatic carbocycles. The Morgan fingerprint density at radius 2 is 1.44 bits per heavy atom. The van der Waals surface area contributed by atoms with Crippen LogP contribution in [0.2, 0.25) is 5.02 Å². The lowest BCUT2D eigenvalue weighted by atomic mass is 9.84. The van der Waals surface area contributed by atoms with Gasteiger partial charge in [0.1, 0.15) is 0 Å². The second-order valence-electron chi connectivity index (χ2n) is 8.05. The summed E-state index contributed by atoms with van der Waals surface area (Å²) in [6, 6.07) is 6.98. The molecule has 10 heteroatoms. The third-order valence-electron chi connectivity index (χ3n) is 4.52. The molecule has 0 saturated heterocycles. The zero-order valence-electron chi connectivity index (χ0n) is 17.2. The number of nitrogens with one attached hydrogen (secondary N) is 2. The summed E-state index contributed by atoms with van der Waals surface area (Å²) >= 11 is 5.86. The summed E-state index contributed by atoms with van der Waals surface area (Å²) in [6.07, 6.45) is -9.53. The fraction of sp³-hybridized carbons (Fsp3) is 0.318. The Kier molecular flexibility index (Phi) is 7.55. The van der Waals surface area contributed by atoms with Crippen molar-refractivity contribution in [1.29, 1.82) is 0 Å². The van der Waals surface area contributed by atoms with E-state index in [1.165, 1.54) is 0 Å². The minimum Gasteiger partial charge on any atom is -0.337 e. The topological polar surface area (TPSA) is 41.1 Å². The minimum atomic E-state index is -5.00. The van der Waals surface area contributed by atoms with Crippen LogP contribution in [-0.4, -0.2) is 12.6 Å². The molecule has 0 bridgehead atoms. The molecule has 2 aromatic rings. The number of hydrogen-bond donors (Lipinski definition) is 2. The summed E-state index contributed by atoms with van der Waals surface area (Å²) in [4.78, 5) is 12.2. The fourth-order valence-corrected chi connectivity index (χ4v) is 3.08. The molecule has 0 fully saturated rings. The molecule has 0 radical (unpaired) electrons. The zero-order valence-corrected chi connectivity index (χ0v) is 18.0. The van der Waals surface area contributed by atoms with Gasteiger partial charge in [-0.25, -0.2) is 4.79 Å². The van der Waals surface area contributed by atoms with Gasteiger partial charge < -0.3 is 10.6 Å². The van der Waals surface area contributed by atoms with Gasteiger partial charge in [-0.05, 0) is 53.3 Å². The molecule has 0 unspecified atom stereocenters. The van der Waals surface area contributed by atoms with E-state index in [-0.39, 0.29) is 12.6 Å². The van der Waals surface area contributed by atoms with Gasteiger partial charge >= 0.3 is 18.4 Å². The summed E-state index contributed by atoms with van der Waals surface area (Å²) < 4.78 is 77.7. The second kappa shape index (κ2) is 9.44. The van der Waals surface area contributed by atoms with Crippen molar-refractivity contribution in [3.8, 4) is 0 Å². The maximum absolute atomic E-state index is 13.0. The van der Waals surface area contributed by atoms with Crippen molar-refractivity contribution in [2.24, 2.45) is 5.41 Å². The number of halogens is 7. The standard InChI is InChI=1S/C22H21ClF6N2O/c1-13(14-4-6-17(23)7-5-14)11-20(2,3)12-30-19(32)31-18-9-15(21(24,25)26)8-16(10-18)22(27,28)29/h4-10H,1,11-12H2,2-3H3,(H2,30,31,32). The van der Waals surface area contributed by atoms with Crippen molar-refractivity contribution in [3.05, 3.63) is 70.8 Å².